The fraction of sp³-hybridized carbons (Fsp3) is 0.0455. The van der Waals surface area contributed by atoms with Gasteiger partial charge in [0.2, 0.25) is 0 Å². The van der Waals surface area contributed by atoms with Crippen LogP contribution in [-0.2, 0) is 16.0 Å². The van der Waals surface area contributed by atoms with E-state index in [9.17, 15) is 0 Å². The van der Waals surface area contributed by atoms with Gasteiger partial charge in [-0.25, -0.2) is 12.1 Å². The van der Waals surface area contributed by atoms with Gasteiger partial charge in [-0.3, -0.25) is 0 Å². The summed E-state index contributed by atoms with van der Waals surface area (Å²) in [7, 11) is 11.1. The molecule has 8 aromatic rings. The first-order valence-corrected chi connectivity index (χ1v) is 37.5. The predicted octanol–water partition coefficient (Wildman–Crippen LogP) is 11.8. The Bertz CT molecular complexity index is 2110. The summed E-state index contributed by atoms with van der Waals surface area (Å²) in [6.45, 7) is 4.27. The molecule has 0 N–H and O–H groups in total. The maximum absolute atomic E-state index is 6.37. The molecule has 0 bridgehead atoms. The molecular weight excluding hydrogens is 850 g/mol. The number of hydrogen-bond acceptors (Lipinski definition) is 0. The van der Waals surface area contributed by atoms with Gasteiger partial charge in [-0.2, -0.15) is 46.5 Å². The summed E-state index contributed by atoms with van der Waals surface area (Å²) >= 11 is -2.35. The summed E-state index contributed by atoms with van der Waals surface area (Å²) in [6.07, 6.45) is 0. The third-order valence-corrected chi connectivity index (χ3v) is 46.9. The van der Waals surface area contributed by atoms with Crippen LogP contribution < -0.4 is 8.79 Å². The van der Waals surface area contributed by atoms with Gasteiger partial charge in [0.25, 0.3) is 0 Å². The van der Waals surface area contributed by atoms with Crippen molar-refractivity contribution in [1.82, 2.24) is 0 Å². The van der Waals surface area contributed by atoms with E-state index in [4.69, 9.17) is 17.2 Å². The van der Waals surface area contributed by atoms with Crippen LogP contribution in [0.4, 0.5) is 0 Å². The first-order chi connectivity index (χ1) is 23.5. The number of rotatable bonds is 4. The van der Waals surface area contributed by atoms with E-state index >= 15 is 0 Å². The van der Waals surface area contributed by atoms with Crippen LogP contribution in [0.2, 0.25) is 0 Å². The topological polar surface area (TPSA) is 0 Å². The Morgan fingerprint density at radius 3 is 1.21 bits per heavy atom. The molecule has 0 aliphatic rings. The van der Waals surface area contributed by atoms with E-state index in [0.29, 0.717) is 0 Å². The second-order valence-corrected chi connectivity index (χ2v) is 54.2. The second-order valence-electron chi connectivity index (χ2n) is 11.8. The minimum absolute atomic E-state index is 1.30. The number of halogens is 2. The van der Waals surface area contributed by atoms with Gasteiger partial charge in [0.15, 0.2) is 0 Å². The van der Waals surface area contributed by atoms with Crippen LogP contribution in [-0.4, -0.2) is 10.1 Å². The van der Waals surface area contributed by atoms with Gasteiger partial charge in [-0.15, -0.1) is 0 Å². The Kier molecular flexibility index (Phi) is 12.0. The molecule has 48 heavy (non-hydrogen) atoms. The van der Waals surface area contributed by atoms with Crippen molar-refractivity contribution in [3.8, 4) is 22.3 Å². The maximum atomic E-state index is 6.37. The third kappa shape index (κ3) is 8.57. The number of fused-ring (bicyclic) bond motifs is 2. The van der Waals surface area contributed by atoms with Crippen LogP contribution in [0.3, 0.4) is 0 Å². The molecule has 8 rings (SSSR count). The zero-order valence-electron chi connectivity index (χ0n) is 27.1. The normalized spacial score (nSPS) is 10.5. The molecule has 0 aromatic heterocycles. The Morgan fingerprint density at radius 1 is 0.458 bits per heavy atom. The van der Waals surface area contributed by atoms with Gasteiger partial charge in [0, 0.05) is 0 Å². The van der Waals surface area contributed by atoms with E-state index in [-0.39, 0.29) is 0 Å². The Morgan fingerprint density at radius 2 is 0.833 bits per heavy atom. The van der Waals surface area contributed by atoms with E-state index in [1.807, 2.05) is 12.1 Å². The van der Waals surface area contributed by atoms with Gasteiger partial charge in [0.05, 0.1) is 0 Å². The average molecular weight is 887 g/mol. The fourth-order valence-electron chi connectivity index (χ4n) is 6.01. The Hall–Kier alpha value is -3.47. The summed E-state index contributed by atoms with van der Waals surface area (Å²) in [4.78, 5) is 0. The molecule has 8 aromatic carbocycles. The van der Waals surface area contributed by atoms with Gasteiger partial charge >= 0.3 is 113 Å². The Balaban J connectivity index is 0.000000125. The standard InChI is InChI=1S/2C16H13.C12H10Ge.2ClH.Hf/c2*1-12-9-10-14(11-12)16-8-4-6-13-5-2-3-7-15(13)16;1-3-7-11(8-4-1)13-12-9-5-2-6-10-12;;;/h2*2-11H,1H3;1-10H;2*1H;/q2*-1;;;;+2/p-2. The molecule has 0 aliphatic carbocycles. The molecule has 0 aliphatic heterocycles. The zero-order chi connectivity index (χ0) is 33.3. The van der Waals surface area contributed by atoms with Crippen LogP contribution in [0.1, 0.15) is 11.1 Å². The molecule has 0 unspecified atom stereocenters. The molecule has 0 amide bonds. The number of hydrogen-bond donors (Lipinski definition) is 0. The summed E-state index contributed by atoms with van der Waals surface area (Å²) in [6, 6.07) is 64.3. The molecule has 0 atom stereocenters. The summed E-state index contributed by atoms with van der Waals surface area (Å²) in [5, 5.41) is 5.27. The van der Waals surface area contributed by atoms with E-state index in [1.54, 1.807) is 0 Å². The molecule has 0 saturated heterocycles. The summed E-state index contributed by atoms with van der Waals surface area (Å²) in [5.74, 6) is 0. The van der Waals surface area contributed by atoms with Crippen molar-refractivity contribution in [3.05, 3.63) is 193 Å². The number of aryl methyl sites for hydroxylation is 2. The van der Waals surface area contributed by atoms with Crippen LogP contribution in [0, 0.1) is 13.8 Å². The molecule has 0 spiro atoms. The molecule has 0 saturated carbocycles. The number of benzene rings is 6. The second kappa shape index (κ2) is 16.8. The molecular formula is C44H36Cl2GeHf-2. The van der Waals surface area contributed by atoms with E-state index < -0.39 is 26.0 Å². The monoisotopic (exact) mass is 888 g/mol. The molecule has 236 valence electrons. The molecule has 0 radical (unpaired) electrons. The van der Waals surface area contributed by atoms with Crippen LogP contribution in [0.5, 0.6) is 0 Å². The van der Waals surface area contributed by atoms with Gasteiger partial charge < -0.3 is 0 Å². The van der Waals surface area contributed by atoms with Crippen molar-refractivity contribution in [3.63, 3.8) is 0 Å². The van der Waals surface area contributed by atoms with Gasteiger partial charge in [0.1, 0.15) is 0 Å². The summed E-state index contributed by atoms with van der Waals surface area (Å²) in [5.41, 5.74) is 7.92. The zero-order valence-corrected chi connectivity index (χ0v) is 34.3. The van der Waals surface area contributed by atoms with E-state index in [0.717, 1.165) is 0 Å². The van der Waals surface area contributed by atoms with E-state index in [1.165, 1.54) is 63.7 Å². The molecule has 4 heteroatoms. The molecule has 0 nitrogen and oxygen atoms in total. The van der Waals surface area contributed by atoms with Crippen molar-refractivity contribution in [2.75, 3.05) is 0 Å². The fourth-order valence-corrected chi connectivity index (χ4v) is 42.8. The minimum atomic E-state index is -2.35. The first kappa shape index (κ1) is 34.4. The van der Waals surface area contributed by atoms with Crippen LogP contribution in [0.25, 0.3) is 43.8 Å². The van der Waals surface area contributed by atoms with Crippen molar-refractivity contribution in [2.24, 2.45) is 0 Å². The quantitative estimate of drug-likeness (QED) is 0.122. The van der Waals surface area contributed by atoms with E-state index in [2.05, 4.69) is 184 Å². The van der Waals surface area contributed by atoms with Crippen molar-refractivity contribution in [2.45, 2.75) is 13.8 Å². The molecule has 0 fully saturated rings. The third-order valence-electron chi connectivity index (χ3n) is 8.33. The van der Waals surface area contributed by atoms with Gasteiger partial charge in [-0.05, 0) is 21.5 Å². The molecule has 0 heterocycles. The van der Waals surface area contributed by atoms with Crippen molar-refractivity contribution in [1.29, 1.82) is 0 Å². The van der Waals surface area contributed by atoms with Crippen LogP contribution >= 0.6 is 17.2 Å². The van der Waals surface area contributed by atoms with Crippen LogP contribution in [0.15, 0.2) is 182 Å². The summed E-state index contributed by atoms with van der Waals surface area (Å²) < 4.78 is 2.81. The average Bonchev–Trinajstić information content (AvgIpc) is 3.77. The van der Waals surface area contributed by atoms with Gasteiger partial charge in [-0.1, -0.05) is 110 Å². The van der Waals surface area contributed by atoms with Crippen molar-refractivity contribution < 1.29 is 16.0 Å². The Labute approximate surface area is 300 Å². The predicted molar refractivity (Wildman–Crippen MR) is 209 cm³/mol. The van der Waals surface area contributed by atoms with Crippen molar-refractivity contribution >= 4 is 57.5 Å². The first-order valence-electron chi connectivity index (χ1n) is 16.1. The SMILES string of the molecule is Cc1cc(-c2cccc3ccccc23)c[cH-]1.Cc1cc(-c2cccc3ccccc23)c[cH-]1.[Cl][Hf]([Cl])=[Ge]([c]1ccccc1)[c]1ccccc1.